The number of nitrogens with zero attached hydrogens (tertiary/aromatic N) is 9. The summed E-state index contributed by atoms with van der Waals surface area (Å²) in [6.07, 6.45) is 6.50. The Morgan fingerprint density at radius 2 is 1.33 bits per heavy atom. The molecule has 54 heavy (non-hydrogen) atoms. The fourth-order valence-electron chi connectivity index (χ4n) is 6.16. The zero-order valence-electron chi connectivity index (χ0n) is 30.4. The highest BCUT2D eigenvalue weighted by Gasteiger charge is 2.24. The zero-order valence-corrected chi connectivity index (χ0v) is 30.4. The van der Waals surface area contributed by atoms with Crippen LogP contribution in [-0.2, 0) is 23.6 Å². The molecule has 276 valence electrons. The number of esters is 2. The van der Waals surface area contributed by atoms with Gasteiger partial charge in [0.25, 0.3) is 0 Å². The summed E-state index contributed by atoms with van der Waals surface area (Å²) < 4.78 is 24.0. The van der Waals surface area contributed by atoms with Crippen LogP contribution in [0.25, 0.3) is 33.8 Å². The van der Waals surface area contributed by atoms with Crippen molar-refractivity contribution < 1.29 is 28.5 Å². The second-order valence-electron chi connectivity index (χ2n) is 12.4. The lowest BCUT2D eigenvalue weighted by Gasteiger charge is -2.30. The monoisotopic (exact) mass is 732 g/mol. The van der Waals surface area contributed by atoms with Gasteiger partial charge in [-0.3, -0.25) is 9.13 Å². The van der Waals surface area contributed by atoms with E-state index in [1.54, 1.807) is 74.0 Å². The van der Waals surface area contributed by atoms with Crippen molar-refractivity contribution in [3.63, 3.8) is 0 Å². The lowest BCUT2D eigenvalue weighted by molar-refractivity contribution is 0.0584. The van der Waals surface area contributed by atoms with Crippen LogP contribution in [0.15, 0.2) is 59.9 Å². The molecule has 2 aliphatic heterocycles. The van der Waals surface area contributed by atoms with Crippen molar-refractivity contribution in [1.82, 2.24) is 39.0 Å². The van der Waals surface area contributed by atoms with Crippen LogP contribution in [-0.4, -0.2) is 91.5 Å². The molecule has 0 aliphatic carbocycles. The number of carbonyl (C=O) groups is 2. The summed E-state index contributed by atoms with van der Waals surface area (Å²) in [4.78, 5) is 63.8. The van der Waals surface area contributed by atoms with Gasteiger partial charge in [-0.1, -0.05) is 0 Å². The van der Waals surface area contributed by atoms with Crippen molar-refractivity contribution in [3.05, 3.63) is 88.1 Å². The molecule has 1 aromatic carbocycles. The van der Waals surface area contributed by atoms with E-state index in [1.165, 1.54) is 14.2 Å². The highest BCUT2D eigenvalue weighted by atomic mass is 16.5. The molecule has 0 spiro atoms. The molecule has 0 unspecified atom stereocenters. The van der Waals surface area contributed by atoms with Crippen molar-refractivity contribution in [2.24, 2.45) is 14.1 Å². The van der Waals surface area contributed by atoms with E-state index in [9.17, 15) is 14.4 Å². The molecule has 5 aromatic heterocycles. The minimum atomic E-state index is -0.489. The topological polar surface area (TPSA) is 191 Å². The van der Waals surface area contributed by atoms with E-state index < -0.39 is 11.9 Å². The van der Waals surface area contributed by atoms with E-state index in [0.717, 1.165) is 40.2 Å². The van der Waals surface area contributed by atoms with E-state index in [2.05, 4.69) is 44.9 Å². The minimum Gasteiger partial charge on any atom is -0.474 e. The number of hydrogen-bond acceptors (Lipinski definition) is 15. The van der Waals surface area contributed by atoms with Gasteiger partial charge in [-0.05, 0) is 55.3 Å². The van der Waals surface area contributed by atoms with E-state index >= 15 is 0 Å². The first kappa shape index (κ1) is 35.5. The molecule has 0 saturated heterocycles. The lowest BCUT2D eigenvalue weighted by Crippen LogP contribution is -2.29. The maximum absolute atomic E-state index is 12.3. The van der Waals surface area contributed by atoms with Crippen LogP contribution in [0.1, 0.15) is 32.1 Å². The van der Waals surface area contributed by atoms with E-state index in [1.807, 2.05) is 18.2 Å². The van der Waals surface area contributed by atoms with E-state index in [4.69, 9.17) is 14.2 Å². The standard InChI is InChI=1S/C23H22N6O4.C14H14N4O3/c1-13-9-14(11-24-19(13)22(30)32-4)20-25-12-18-21(26-20)33-8-7-29(18)15-5-6-16-17(10-15)28(3)23(31)27(16)2;1-8-5-9(6-16-11(8)14(19)20-2)12-17-7-10-13(18-12)21-4-3-15-10/h5-6,9-12H,7-8H2,1-4H3;5-7,15H,3-4H2,1-2H3. The molecule has 0 bridgehead atoms. The second kappa shape index (κ2) is 14.6. The fourth-order valence-corrected chi connectivity index (χ4v) is 6.16. The molecule has 2 aliphatic rings. The van der Waals surface area contributed by atoms with Crippen LogP contribution < -0.4 is 25.4 Å². The lowest BCUT2D eigenvalue weighted by atomic mass is 10.1. The Morgan fingerprint density at radius 1 is 0.741 bits per heavy atom. The first-order valence-electron chi connectivity index (χ1n) is 16.8. The number of rotatable bonds is 5. The summed E-state index contributed by atoms with van der Waals surface area (Å²) in [6, 6.07) is 9.50. The van der Waals surface area contributed by atoms with Crippen molar-refractivity contribution >= 4 is 40.0 Å². The Bertz CT molecular complexity index is 2500. The molecule has 1 N–H and O–H groups in total. The summed E-state index contributed by atoms with van der Waals surface area (Å²) >= 11 is 0. The molecule has 7 heterocycles. The number of nitrogens with one attached hydrogen (secondary N) is 1. The number of anilines is 3. The normalized spacial score (nSPS) is 13.0. The maximum atomic E-state index is 12.3. The molecule has 17 heteroatoms. The number of fused-ring (bicyclic) bond motifs is 3. The number of hydrogen-bond donors (Lipinski definition) is 1. The summed E-state index contributed by atoms with van der Waals surface area (Å²) in [5, 5.41) is 3.16. The molecule has 8 rings (SSSR count). The predicted octanol–water partition coefficient (Wildman–Crippen LogP) is 3.79. The third-order valence-corrected chi connectivity index (χ3v) is 8.99. The Morgan fingerprint density at radius 3 is 1.96 bits per heavy atom. The van der Waals surface area contributed by atoms with Gasteiger partial charge in [0.1, 0.15) is 24.6 Å². The first-order chi connectivity index (χ1) is 26.1. The molecule has 0 amide bonds. The Labute approximate surface area is 308 Å². The molecule has 0 fully saturated rings. The fraction of sp³-hybridized carbons (Fsp3) is 0.270. The molecule has 0 radical (unpaired) electrons. The Kier molecular flexibility index (Phi) is 9.60. The second-order valence-corrected chi connectivity index (χ2v) is 12.4. The quantitative estimate of drug-likeness (QED) is 0.252. The minimum absolute atomic E-state index is 0.0698. The van der Waals surface area contributed by atoms with Gasteiger partial charge in [0.2, 0.25) is 11.8 Å². The average molecular weight is 733 g/mol. The number of pyridine rings is 2. The van der Waals surface area contributed by atoms with Gasteiger partial charge >= 0.3 is 17.6 Å². The zero-order chi connectivity index (χ0) is 38.1. The van der Waals surface area contributed by atoms with Crippen LogP contribution in [0.2, 0.25) is 0 Å². The summed E-state index contributed by atoms with van der Waals surface area (Å²) in [5.74, 6) is 0.993. The molecule has 0 saturated carbocycles. The van der Waals surface area contributed by atoms with Crippen molar-refractivity contribution in [1.29, 1.82) is 0 Å². The molecule has 6 aromatic rings. The van der Waals surface area contributed by atoms with Crippen molar-refractivity contribution in [2.45, 2.75) is 13.8 Å². The highest BCUT2D eigenvalue weighted by molar-refractivity contribution is 5.90. The number of aromatic nitrogens is 8. The SMILES string of the molecule is COC(=O)c1ncc(-c2ncc3c(n2)OCCN3)cc1C.COC(=O)c1ncc(-c2ncc3c(n2)OCCN3c2ccc3c(c2)n(C)c(=O)n3C)cc1C. The van der Waals surface area contributed by atoms with Crippen LogP contribution in [0.4, 0.5) is 17.1 Å². The first-order valence-corrected chi connectivity index (χ1v) is 16.8. The van der Waals surface area contributed by atoms with Crippen LogP contribution >= 0.6 is 0 Å². The van der Waals surface area contributed by atoms with Gasteiger partial charge < -0.3 is 29.2 Å². The van der Waals surface area contributed by atoms with E-state index in [-0.39, 0.29) is 17.1 Å². The largest absolute Gasteiger partial charge is 0.474 e. The molecular weight excluding hydrogens is 696 g/mol. The van der Waals surface area contributed by atoms with Crippen LogP contribution in [0, 0.1) is 13.8 Å². The van der Waals surface area contributed by atoms with Gasteiger partial charge in [0.05, 0.1) is 44.2 Å². The summed E-state index contributed by atoms with van der Waals surface area (Å²) in [5.41, 5.74) is 7.39. The molecule has 0 atom stereocenters. The predicted molar refractivity (Wildman–Crippen MR) is 197 cm³/mol. The smallest absolute Gasteiger partial charge is 0.356 e. The average Bonchev–Trinajstić information content (AvgIpc) is 3.42. The van der Waals surface area contributed by atoms with E-state index in [0.29, 0.717) is 59.9 Å². The van der Waals surface area contributed by atoms with Gasteiger partial charge in [-0.2, -0.15) is 9.97 Å². The highest BCUT2D eigenvalue weighted by Crippen LogP contribution is 2.37. The molecular formula is C37H36N10O7. The molecule has 17 nitrogen and oxygen atoms in total. The van der Waals surface area contributed by atoms with Crippen LogP contribution in [0.3, 0.4) is 0 Å². The number of ether oxygens (including phenoxy) is 4. The number of aryl methyl sites for hydroxylation is 4. The third-order valence-electron chi connectivity index (χ3n) is 8.99. The number of carbonyl (C=O) groups excluding carboxylic acids is 2. The number of benzene rings is 1. The van der Waals surface area contributed by atoms with Crippen molar-refractivity contribution in [3.8, 4) is 34.5 Å². The Hall–Kier alpha value is -6.91. The maximum Gasteiger partial charge on any atom is 0.356 e. The summed E-state index contributed by atoms with van der Waals surface area (Å²) in [6.45, 7) is 5.96. The number of methoxy groups -OCH3 is 2. The van der Waals surface area contributed by atoms with Crippen molar-refractivity contribution in [2.75, 3.05) is 50.7 Å². The van der Waals surface area contributed by atoms with Gasteiger partial charge in [-0.15, -0.1) is 0 Å². The summed E-state index contributed by atoms with van der Waals surface area (Å²) in [7, 11) is 6.17. The van der Waals surface area contributed by atoms with Crippen LogP contribution in [0.5, 0.6) is 11.8 Å². The van der Waals surface area contributed by atoms with Gasteiger partial charge in [-0.25, -0.2) is 34.3 Å². The third kappa shape index (κ3) is 6.62. The number of imidazole rings is 1. The van der Waals surface area contributed by atoms with Gasteiger partial charge in [0.15, 0.2) is 23.0 Å². The van der Waals surface area contributed by atoms with Gasteiger partial charge in [0, 0.05) is 49.8 Å². The Balaban J connectivity index is 0.000000184.